The number of rotatable bonds is 7. The van der Waals surface area contributed by atoms with E-state index in [1.165, 1.54) is 5.56 Å². The maximum absolute atomic E-state index is 11.7. The summed E-state index contributed by atoms with van der Waals surface area (Å²) in [5.41, 5.74) is 12.6. The molecule has 0 aliphatic heterocycles. The lowest BCUT2D eigenvalue weighted by molar-refractivity contribution is -0.119. The molecule has 1 aromatic rings. The minimum Gasteiger partial charge on any atom is -0.370 e. The lowest BCUT2D eigenvalue weighted by Gasteiger charge is -2.11. The normalized spacial score (nSPS) is 11.9. The Morgan fingerprint density at radius 2 is 1.89 bits per heavy atom. The van der Waals surface area contributed by atoms with E-state index in [1.807, 2.05) is 24.3 Å². The number of carbonyl (C=O) groups is 2. The number of hydrogen-bond acceptors (Lipinski definition) is 3. The van der Waals surface area contributed by atoms with Crippen LogP contribution in [0, 0.1) is 0 Å². The van der Waals surface area contributed by atoms with Crippen molar-refractivity contribution in [2.75, 3.05) is 5.32 Å². The Bertz CT molecular complexity index is 429. The van der Waals surface area contributed by atoms with Crippen molar-refractivity contribution in [2.24, 2.45) is 11.5 Å². The Morgan fingerprint density at radius 3 is 2.42 bits per heavy atom. The molecule has 19 heavy (non-hydrogen) atoms. The molecule has 1 atom stereocenters. The van der Waals surface area contributed by atoms with Crippen molar-refractivity contribution in [3.8, 4) is 0 Å². The number of aryl methyl sites for hydroxylation is 1. The van der Waals surface area contributed by atoms with Gasteiger partial charge in [-0.25, -0.2) is 0 Å². The van der Waals surface area contributed by atoms with Crippen molar-refractivity contribution < 1.29 is 9.59 Å². The van der Waals surface area contributed by atoms with E-state index in [9.17, 15) is 9.59 Å². The van der Waals surface area contributed by atoms with Crippen LogP contribution in [0.4, 0.5) is 5.69 Å². The Balaban J connectivity index is 2.49. The Hall–Kier alpha value is -1.88. The highest BCUT2D eigenvalue weighted by atomic mass is 16.2. The van der Waals surface area contributed by atoms with Crippen LogP contribution < -0.4 is 16.8 Å². The summed E-state index contributed by atoms with van der Waals surface area (Å²) in [6, 6.07) is 6.94. The molecule has 0 aromatic heterocycles. The molecule has 0 bridgehead atoms. The molecule has 5 nitrogen and oxygen atoms in total. The largest absolute Gasteiger partial charge is 0.370 e. The van der Waals surface area contributed by atoms with Crippen molar-refractivity contribution in [1.82, 2.24) is 0 Å². The highest BCUT2D eigenvalue weighted by Crippen LogP contribution is 2.11. The number of nitrogens with two attached hydrogens (primary N) is 2. The fourth-order valence-corrected chi connectivity index (χ4v) is 1.71. The first-order valence-electron chi connectivity index (χ1n) is 6.46. The first-order valence-corrected chi connectivity index (χ1v) is 6.46. The number of amides is 2. The first kappa shape index (κ1) is 15.2. The van der Waals surface area contributed by atoms with Gasteiger partial charge in [-0.1, -0.05) is 25.5 Å². The highest BCUT2D eigenvalue weighted by molar-refractivity contribution is 5.94. The van der Waals surface area contributed by atoms with E-state index in [0.29, 0.717) is 5.69 Å². The number of hydrogen-bond donors (Lipinski definition) is 3. The van der Waals surface area contributed by atoms with Crippen molar-refractivity contribution in [1.29, 1.82) is 0 Å². The van der Waals surface area contributed by atoms with E-state index in [1.54, 1.807) is 0 Å². The van der Waals surface area contributed by atoms with Crippen molar-refractivity contribution >= 4 is 17.5 Å². The molecule has 5 heteroatoms. The molecule has 0 unspecified atom stereocenters. The number of primary amides is 1. The summed E-state index contributed by atoms with van der Waals surface area (Å²) in [6.07, 6.45) is 2.48. The molecule has 5 N–H and O–H groups in total. The van der Waals surface area contributed by atoms with Crippen LogP contribution in [0.5, 0.6) is 0 Å². The van der Waals surface area contributed by atoms with Crippen LogP contribution in [-0.2, 0) is 16.0 Å². The Kier molecular flexibility index (Phi) is 6.02. The van der Waals surface area contributed by atoms with Gasteiger partial charge in [-0.3, -0.25) is 9.59 Å². The highest BCUT2D eigenvalue weighted by Gasteiger charge is 2.14. The predicted molar refractivity (Wildman–Crippen MR) is 75.5 cm³/mol. The molecule has 0 aliphatic carbocycles. The van der Waals surface area contributed by atoms with Crippen LogP contribution in [0.2, 0.25) is 0 Å². The summed E-state index contributed by atoms with van der Waals surface area (Å²) in [5.74, 6) is -0.753. The topological polar surface area (TPSA) is 98.2 Å². The molecular formula is C14H21N3O2. The molecule has 104 valence electrons. The van der Waals surface area contributed by atoms with Crippen LogP contribution in [0.1, 0.15) is 31.7 Å². The van der Waals surface area contributed by atoms with E-state index in [0.717, 1.165) is 12.8 Å². The van der Waals surface area contributed by atoms with Crippen LogP contribution in [0.3, 0.4) is 0 Å². The predicted octanol–water partition coefficient (Wildman–Crippen LogP) is 1.17. The minimum absolute atomic E-state index is 0.115. The zero-order valence-electron chi connectivity index (χ0n) is 11.2. The zero-order chi connectivity index (χ0) is 14.3. The third-order valence-electron chi connectivity index (χ3n) is 2.80. The van der Waals surface area contributed by atoms with E-state index in [2.05, 4.69) is 12.2 Å². The maximum Gasteiger partial charge on any atom is 0.241 e. The molecule has 0 fully saturated rings. The fourth-order valence-electron chi connectivity index (χ4n) is 1.71. The minimum atomic E-state index is -0.720. The van der Waals surface area contributed by atoms with Gasteiger partial charge in [0.15, 0.2) is 0 Å². The second-order valence-electron chi connectivity index (χ2n) is 4.55. The maximum atomic E-state index is 11.7. The van der Waals surface area contributed by atoms with Crippen LogP contribution in [0.15, 0.2) is 24.3 Å². The van der Waals surface area contributed by atoms with Gasteiger partial charge in [0.05, 0.1) is 6.04 Å². The summed E-state index contributed by atoms with van der Waals surface area (Å²) in [4.78, 5) is 22.4. The van der Waals surface area contributed by atoms with Crippen LogP contribution >= 0.6 is 0 Å². The molecule has 0 saturated heterocycles. The van der Waals surface area contributed by atoms with Gasteiger partial charge in [0, 0.05) is 12.1 Å². The van der Waals surface area contributed by atoms with Gasteiger partial charge < -0.3 is 16.8 Å². The number of nitrogens with one attached hydrogen (secondary N) is 1. The van der Waals surface area contributed by atoms with Crippen LogP contribution in [-0.4, -0.2) is 17.9 Å². The van der Waals surface area contributed by atoms with Gasteiger partial charge in [-0.2, -0.15) is 0 Å². The molecule has 0 radical (unpaired) electrons. The number of carbonyl (C=O) groups excluding carboxylic acids is 2. The third kappa shape index (κ3) is 5.52. The average Bonchev–Trinajstić information content (AvgIpc) is 2.38. The van der Waals surface area contributed by atoms with Crippen molar-refractivity contribution in [3.05, 3.63) is 29.8 Å². The molecule has 0 spiro atoms. The van der Waals surface area contributed by atoms with Gasteiger partial charge in [0.1, 0.15) is 0 Å². The Morgan fingerprint density at radius 1 is 1.26 bits per heavy atom. The van der Waals surface area contributed by atoms with Gasteiger partial charge >= 0.3 is 0 Å². The summed E-state index contributed by atoms with van der Waals surface area (Å²) < 4.78 is 0. The van der Waals surface area contributed by atoms with Gasteiger partial charge in [0.25, 0.3) is 0 Å². The smallest absolute Gasteiger partial charge is 0.241 e. The lowest BCUT2D eigenvalue weighted by atomic mass is 10.1. The van der Waals surface area contributed by atoms with E-state index in [4.69, 9.17) is 11.5 Å². The van der Waals surface area contributed by atoms with Gasteiger partial charge in [-0.15, -0.1) is 0 Å². The number of anilines is 1. The molecule has 1 aromatic carbocycles. The van der Waals surface area contributed by atoms with Crippen LogP contribution in [0.25, 0.3) is 0 Å². The second kappa shape index (κ2) is 7.53. The molecular weight excluding hydrogens is 242 g/mol. The van der Waals surface area contributed by atoms with Gasteiger partial charge in [0.2, 0.25) is 11.8 Å². The summed E-state index contributed by atoms with van der Waals surface area (Å²) in [7, 11) is 0. The summed E-state index contributed by atoms with van der Waals surface area (Å²) >= 11 is 0. The summed E-state index contributed by atoms with van der Waals surface area (Å²) in [5, 5.41) is 2.72. The van der Waals surface area contributed by atoms with E-state index >= 15 is 0 Å². The first-order chi connectivity index (χ1) is 9.02. The molecule has 2 amide bonds. The van der Waals surface area contributed by atoms with Crippen molar-refractivity contribution in [3.63, 3.8) is 0 Å². The molecule has 0 aliphatic rings. The quantitative estimate of drug-likeness (QED) is 0.688. The van der Waals surface area contributed by atoms with E-state index < -0.39 is 11.9 Å². The van der Waals surface area contributed by atoms with Gasteiger partial charge in [-0.05, 0) is 30.5 Å². The third-order valence-corrected chi connectivity index (χ3v) is 2.80. The molecule has 0 heterocycles. The number of benzene rings is 1. The zero-order valence-corrected chi connectivity index (χ0v) is 11.2. The van der Waals surface area contributed by atoms with Crippen molar-refractivity contribution in [2.45, 2.75) is 38.6 Å². The fraction of sp³-hybridized carbons (Fsp3) is 0.429. The molecule has 1 rings (SSSR count). The van der Waals surface area contributed by atoms with E-state index in [-0.39, 0.29) is 18.7 Å². The standard InChI is InChI=1S/C14H21N3O2/c1-2-3-10-4-6-11(7-5-10)17-14(19)12(15)8-9-13(16)18/h4-7,12H,2-3,8-9,15H2,1H3,(H2,16,18)(H,17,19)/t12-/m0/s1. The monoisotopic (exact) mass is 263 g/mol. The summed E-state index contributed by atoms with van der Waals surface area (Å²) in [6.45, 7) is 2.12. The average molecular weight is 263 g/mol. The molecule has 0 saturated carbocycles. The lowest BCUT2D eigenvalue weighted by Crippen LogP contribution is -2.36. The second-order valence-corrected chi connectivity index (χ2v) is 4.55. The Labute approximate surface area is 113 Å². The SMILES string of the molecule is CCCc1ccc(NC(=O)[C@@H](N)CCC(N)=O)cc1.